The molecule has 0 saturated heterocycles. The smallest absolute Gasteiger partial charge is 0.394 e. The third-order valence-corrected chi connectivity index (χ3v) is 1.25. The van der Waals surface area contributed by atoms with Crippen LogP contribution < -0.4 is 5.73 Å². The third-order valence-electron chi connectivity index (χ3n) is 1.25. The van der Waals surface area contributed by atoms with Crippen molar-refractivity contribution in [2.75, 3.05) is 6.61 Å². The van der Waals surface area contributed by atoms with Crippen LogP contribution >= 0.6 is 0 Å². The first-order valence-corrected chi connectivity index (χ1v) is 4.08. The first kappa shape index (κ1) is 9.98. The minimum absolute atomic E-state index is 0.0255. The van der Waals surface area contributed by atoms with E-state index in [1.807, 2.05) is 0 Å². The van der Waals surface area contributed by atoms with E-state index in [1.165, 1.54) is 0 Å². The molecule has 0 saturated carbocycles. The van der Waals surface area contributed by atoms with Crippen LogP contribution in [-0.4, -0.2) is 30.2 Å². The summed E-state index contributed by atoms with van der Waals surface area (Å²) in [6.07, 6.45) is -0.442. The highest BCUT2D eigenvalue weighted by molar-refractivity contribution is 6.33. The topological polar surface area (TPSA) is 73.9 Å². The number of carbonyl (C=O) groups excluding carboxylic acids is 1. The van der Waals surface area contributed by atoms with Gasteiger partial charge in [-0.3, -0.25) is 0 Å². The van der Waals surface area contributed by atoms with Gasteiger partial charge in [0.05, 0.1) is 0 Å². The average Bonchev–Trinajstić information content (AvgIpc) is 2.31. The van der Waals surface area contributed by atoms with E-state index in [2.05, 4.69) is 4.99 Å². The van der Waals surface area contributed by atoms with Gasteiger partial charge in [-0.2, -0.15) is 0 Å². The van der Waals surface area contributed by atoms with Crippen molar-refractivity contribution in [3.05, 3.63) is 0 Å². The highest BCUT2D eigenvalue weighted by atomic mass is 16.6. The van der Waals surface area contributed by atoms with Crippen LogP contribution in [0.3, 0.4) is 0 Å². The molecule has 5 heteroatoms. The summed E-state index contributed by atoms with van der Waals surface area (Å²) in [4.78, 5) is 15.0. The predicted octanol–water partition coefficient (Wildman–Crippen LogP) is 0.0416. The van der Waals surface area contributed by atoms with Crippen molar-refractivity contribution < 1.29 is 14.3 Å². The van der Waals surface area contributed by atoms with Gasteiger partial charge in [0.1, 0.15) is 18.4 Å². The highest BCUT2D eigenvalue weighted by Gasteiger charge is 2.27. The minimum Gasteiger partial charge on any atom is -0.469 e. The molecule has 0 radical (unpaired) electrons. The lowest BCUT2D eigenvalue weighted by Crippen LogP contribution is -2.29. The van der Waals surface area contributed by atoms with Crippen molar-refractivity contribution >= 4 is 11.9 Å². The Kier molecular flexibility index (Phi) is 2.56. The molecule has 0 aromatic rings. The molecule has 0 bridgehead atoms. The Labute approximate surface area is 76.9 Å². The summed E-state index contributed by atoms with van der Waals surface area (Å²) in [5, 5.41) is 0. The fourth-order valence-electron chi connectivity index (χ4n) is 0.823. The van der Waals surface area contributed by atoms with Gasteiger partial charge in [0.15, 0.2) is 0 Å². The molecule has 0 spiro atoms. The minimum atomic E-state index is -0.555. The summed E-state index contributed by atoms with van der Waals surface area (Å²) in [5.74, 6) is -0.581. The standard InChI is InChI=1S/C8H14N2O3/c1-8(2,3)13-7(11)6-10-5(9)4-12-6/h5H,4,9H2,1-3H3. The van der Waals surface area contributed by atoms with Gasteiger partial charge in [0.25, 0.3) is 5.90 Å². The lowest BCUT2D eigenvalue weighted by atomic mass is 10.2. The molecule has 13 heavy (non-hydrogen) atoms. The molecule has 74 valence electrons. The molecule has 1 heterocycles. The zero-order valence-corrected chi connectivity index (χ0v) is 8.03. The number of rotatable bonds is 1. The van der Waals surface area contributed by atoms with Gasteiger partial charge < -0.3 is 15.2 Å². The first-order valence-electron chi connectivity index (χ1n) is 4.08. The second kappa shape index (κ2) is 3.33. The van der Waals surface area contributed by atoms with Crippen molar-refractivity contribution in [2.24, 2.45) is 10.7 Å². The number of esters is 1. The number of carbonyl (C=O) groups is 1. The Morgan fingerprint density at radius 3 is 2.69 bits per heavy atom. The molecule has 1 unspecified atom stereocenters. The van der Waals surface area contributed by atoms with E-state index in [-0.39, 0.29) is 12.5 Å². The monoisotopic (exact) mass is 186 g/mol. The number of aliphatic imine (C=N–C) groups is 1. The predicted molar refractivity (Wildman–Crippen MR) is 47.2 cm³/mol. The van der Waals surface area contributed by atoms with Gasteiger partial charge in [-0.1, -0.05) is 0 Å². The molecular weight excluding hydrogens is 172 g/mol. The molecule has 0 aromatic carbocycles. The third kappa shape index (κ3) is 3.02. The highest BCUT2D eigenvalue weighted by Crippen LogP contribution is 2.09. The first-order chi connectivity index (χ1) is 5.88. The summed E-state index contributed by atoms with van der Waals surface area (Å²) >= 11 is 0. The lowest BCUT2D eigenvalue weighted by molar-refractivity contribution is -0.147. The van der Waals surface area contributed by atoms with Crippen LogP contribution in [0, 0.1) is 0 Å². The Morgan fingerprint density at radius 1 is 1.69 bits per heavy atom. The Bertz CT molecular complexity index is 242. The van der Waals surface area contributed by atoms with Crippen LogP contribution in [0.15, 0.2) is 4.99 Å². The molecule has 1 rings (SSSR count). The second-order valence-electron chi connectivity index (χ2n) is 3.81. The number of nitrogens with zero attached hydrogens (tertiary/aromatic N) is 1. The molecule has 5 nitrogen and oxygen atoms in total. The van der Waals surface area contributed by atoms with Gasteiger partial charge >= 0.3 is 5.97 Å². The summed E-state index contributed by atoms with van der Waals surface area (Å²) in [7, 11) is 0. The van der Waals surface area contributed by atoms with E-state index < -0.39 is 17.7 Å². The molecule has 1 aliphatic rings. The van der Waals surface area contributed by atoms with E-state index >= 15 is 0 Å². The summed E-state index contributed by atoms with van der Waals surface area (Å²) in [6, 6.07) is 0. The van der Waals surface area contributed by atoms with Gasteiger partial charge in [-0.05, 0) is 20.8 Å². The molecule has 1 aliphatic heterocycles. The number of nitrogens with two attached hydrogens (primary N) is 1. The van der Waals surface area contributed by atoms with Crippen molar-refractivity contribution in [1.29, 1.82) is 0 Å². The summed E-state index contributed by atoms with van der Waals surface area (Å²) in [6.45, 7) is 5.58. The van der Waals surface area contributed by atoms with Crippen LogP contribution in [0.4, 0.5) is 0 Å². The van der Waals surface area contributed by atoms with Gasteiger partial charge in [0, 0.05) is 0 Å². The maximum absolute atomic E-state index is 11.3. The molecule has 0 fully saturated rings. The number of ether oxygens (including phenoxy) is 2. The molecular formula is C8H14N2O3. The van der Waals surface area contributed by atoms with Gasteiger partial charge in [-0.25, -0.2) is 9.79 Å². The Balaban J connectivity index is 2.54. The van der Waals surface area contributed by atoms with Crippen molar-refractivity contribution in [3.8, 4) is 0 Å². The maximum atomic E-state index is 11.3. The van der Waals surface area contributed by atoms with Crippen LogP contribution in [0.5, 0.6) is 0 Å². The van der Waals surface area contributed by atoms with Crippen molar-refractivity contribution in [1.82, 2.24) is 0 Å². The van der Waals surface area contributed by atoms with E-state index in [9.17, 15) is 4.79 Å². The van der Waals surface area contributed by atoms with Crippen molar-refractivity contribution in [2.45, 2.75) is 32.5 Å². The fourth-order valence-corrected chi connectivity index (χ4v) is 0.823. The second-order valence-corrected chi connectivity index (χ2v) is 3.81. The van der Waals surface area contributed by atoms with E-state index in [4.69, 9.17) is 15.2 Å². The molecule has 1 atom stereocenters. The van der Waals surface area contributed by atoms with Crippen LogP contribution in [0.25, 0.3) is 0 Å². The van der Waals surface area contributed by atoms with Crippen LogP contribution in [-0.2, 0) is 14.3 Å². The summed E-state index contributed by atoms with van der Waals surface area (Å²) < 4.78 is 9.94. The average molecular weight is 186 g/mol. The fraction of sp³-hybridized carbons (Fsp3) is 0.750. The number of hydrogen-bond donors (Lipinski definition) is 1. The number of hydrogen-bond acceptors (Lipinski definition) is 5. The summed E-state index contributed by atoms with van der Waals surface area (Å²) in [5.41, 5.74) is 4.87. The van der Waals surface area contributed by atoms with Crippen LogP contribution in [0.2, 0.25) is 0 Å². The quantitative estimate of drug-likeness (QED) is 0.587. The molecule has 2 N–H and O–H groups in total. The largest absolute Gasteiger partial charge is 0.469 e. The maximum Gasteiger partial charge on any atom is 0.394 e. The molecule has 0 aromatic heterocycles. The van der Waals surface area contributed by atoms with E-state index in [0.29, 0.717) is 0 Å². The normalized spacial score (nSPS) is 22.2. The van der Waals surface area contributed by atoms with Gasteiger partial charge in [0.2, 0.25) is 0 Å². The SMILES string of the molecule is CC(C)(C)OC(=O)C1=NC(N)CO1. The van der Waals surface area contributed by atoms with E-state index in [1.54, 1.807) is 20.8 Å². The van der Waals surface area contributed by atoms with Crippen LogP contribution in [0.1, 0.15) is 20.8 Å². The van der Waals surface area contributed by atoms with Gasteiger partial charge in [-0.15, -0.1) is 0 Å². The molecule has 0 amide bonds. The Morgan fingerprint density at radius 2 is 2.31 bits per heavy atom. The zero-order chi connectivity index (χ0) is 10.1. The van der Waals surface area contributed by atoms with Crippen molar-refractivity contribution in [3.63, 3.8) is 0 Å². The molecule has 0 aliphatic carbocycles. The lowest BCUT2D eigenvalue weighted by Gasteiger charge is -2.18. The zero-order valence-electron chi connectivity index (χ0n) is 8.03. The Hall–Kier alpha value is -1.10. The van der Waals surface area contributed by atoms with E-state index in [0.717, 1.165) is 0 Å².